The zero-order valence-corrected chi connectivity index (χ0v) is 19.1. The van der Waals surface area contributed by atoms with Crippen LogP contribution >= 0.6 is 11.6 Å². The van der Waals surface area contributed by atoms with Gasteiger partial charge >= 0.3 is 0 Å². The van der Waals surface area contributed by atoms with Crippen LogP contribution in [0.3, 0.4) is 0 Å². The summed E-state index contributed by atoms with van der Waals surface area (Å²) < 4.78 is 6.70. The second-order valence-electron chi connectivity index (χ2n) is 8.57. The topological polar surface area (TPSA) is 96.8 Å². The number of aliphatic imine (C=N–C) groups is 1. The van der Waals surface area contributed by atoms with E-state index < -0.39 is 0 Å². The van der Waals surface area contributed by atoms with Crippen molar-refractivity contribution in [2.45, 2.75) is 12.5 Å². The van der Waals surface area contributed by atoms with Crippen molar-refractivity contribution >= 4 is 35.6 Å². The molecule has 0 bridgehead atoms. The number of anilines is 1. The fourth-order valence-electron chi connectivity index (χ4n) is 4.72. The third-order valence-electron chi connectivity index (χ3n) is 6.53. The quantitative estimate of drug-likeness (QED) is 0.518. The van der Waals surface area contributed by atoms with Crippen molar-refractivity contribution in [2.24, 2.45) is 23.9 Å². The summed E-state index contributed by atoms with van der Waals surface area (Å²) in [7, 11) is 3.15. The van der Waals surface area contributed by atoms with E-state index in [2.05, 4.69) is 32.8 Å². The van der Waals surface area contributed by atoms with Crippen molar-refractivity contribution in [3.8, 4) is 0 Å². The molecule has 0 N–H and O–H groups in total. The first-order valence-electron chi connectivity index (χ1n) is 10.6. The first-order chi connectivity index (χ1) is 15.9. The predicted octanol–water partition coefficient (Wildman–Crippen LogP) is 2.88. The lowest BCUT2D eigenvalue weighted by Crippen LogP contribution is -2.32. The van der Waals surface area contributed by atoms with E-state index in [1.807, 2.05) is 18.2 Å². The Morgan fingerprint density at radius 2 is 2.06 bits per heavy atom. The molecule has 2 aromatic heterocycles. The highest BCUT2D eigenvalue weighted by atomic mass is 35.5. The van der Waals surface area contributed by atoms with Crippen molar-refractivity contribution in [1.82, 2.24) is 19.6 Å². The lowest BCUT2D eigenvalue weighted by atomic mass is 10.2. The van der Waals surface area contributed by atoms with Gasteiger partial charge in [-0.15, -0.1) is 0 Å². The number of rotatable bonds is 6. The largest absolute Gasteiger partial charge is 0.371 e. The minimum Gasteiger partial charge on any atom is -0.371 e. The molecular weight excluding hydrogens is 444 g/mol. The highest BCUT2D eigenvalue weighted by Gasteiger charge is 2.58. The Morgan fingerprint density at radius 1 is 1.30 bits per heavy atom. The second kappa shape index (κ2) is 8.15. The van der Waals surface area contributed by atoms with Gasteiger partial charge < -0.3 is 18.9 Å². The summed E-state index contributed by atoms with van der Waals surface area (Å²) in [5, 5.41) is 4.91. The van der Waals surface area contributed by atoms with Crippen LogP contribution in [0.1, 0.15) is 28.1 Å². The number of carbonyl (C=O) groups is 1. The normalized spacial score (nSPS) is 21.1. The number of fused-ring (bicyclic) bond motifs is 1. The van der Waals surface area contributed by atoms with E-state index in [9.17, 15) is 9.59 Å². The van der Waals surface area contributed by atoms with Gasteiger partial charge in [0.25, 0.3) is 11.5 Å². The number of aromatic nitrogens is 3. The van der Waals surface area contributed by atoms with Crippen molar-refractivity contribution in [3.63, 3.8) is 0 Å². The van der Waals surface area contributed by atoms with Crippen LogP contribution in [0.25, 0.3) is 0 Å². The molecule has 1 aliphatic heterocycles. The van der Waals surface area contributed by atoms with Crippen LogP contribution in [0, 0.1) is 11.8 Å². The molecule has 0 radical (unpaired) electrons. The smallest absolute Gasteiger partial charge is 0.273 e. The third-order valence-corrected chi connectivity index (χ3v) is 6.77. The molecule has 2 fully saturated rings. The molecule has 10 heteroatoms. The van der Waals surface area contributed by atoms with E-state index >= 15 is 0 Å². The van der Waals surface area contributed by atoms with Crippen molar-refractivity contribution in [2.75, 3.05) is 25.0 Å². The van der Waals surface area contributed by atoms with Gasteiger partial charge in [0.2, 0.25) is 5.89 Å². The van der Waals surface area contributed by atoms with E-state index in [0.717, 1.165) is 23.8 Å². The van der Waals surface area contributed by atoms with Crippen LogP contribution in [-0.4, -0.2) is 52.4 Å². The lowest BCUT2D eigenvalue weighted by molar-refractivity contribution is 0.0759. The van der Waals surface area contributed by atoms with Gasteiger partial charge in [0.05, 0.1) is 5.69 Å². The maximum Gasteiger partial charge on any atom is 0.273 e. The number of halogens is 1. The molecule has 5 rings (SSSR count). The Morgan fingerprint density at radius 3 is 2.76 bits per heavy atom. The third kappa shape index (κ3) is 3.82. The van der Waals surface area contributed by atoms with Crippen LogP contribution < -0.4 is 10.5 Å². The second-order valence-corrected chi connectivity index (χ2v) is 9.00. The highest BCUT2D eigenvalue weighted by molar-refractivity contribution is 6.30. The van der Waals surface area contributed by atoms with Gasteiger partial charge in [-0.2, -0.15) is 4.98 Å². The Labute approximate surface area is 195 Å². The lowest BCUT2D eigenvalue weighted by Gasteiger charge is -2.21. The molecule has 0 spiro atoms. The maximum absolute atomic E-state index is 13.0. The molecule has 2 unspecified atom stereocenters. The number of benzene rings is 1. The standard InChI is InChI=1S/C23H23ClN6O3/c1-25-17-7-8-19(31)29(3)21(17)23(32)28(2)12-18-26-22(27-33-18)20-15-10-30(11-16(15)20)14-6-4-5-13(24)9-14/h4-9,15-16,20H,1,10-12H2,2-3H3. The number of carbonyl (C=O) groups excluding carboxylic acids is 1. The van der Waals surface area contributed by atoms with Crippen LogP contribution in [0.2, 0.25) is 5.02 Å². The fraction of sp³-hybridized carbons (Fsp3) is 0.348. The molecule has 3 aromatic rings. The molecule has 3 heterocycles. The van der Waals surface area contributed by atoms with E-state index in [-0.39, 0.29) is 29.6 Å². The first kappa shape index (κ1) is 21.4. The minimum atomic E-state index is -0.377. The summed E-state index contributed by atoms with van der Waals surface area (Å²) >= 11 is 6.12. The van der Waals surface area contributed by atoms with Crippen LogP contribution in [0.4, 0.5) is 11.4 Å². The average molecular weight is 467 g/mol. The number of hydrogen-bond donors (Lipinski definition) is 0. The monoisotopic (exact) mass is 466 g/mol. The minimum absolute atomic E-state index is 0.127. The maximum atomic E-state index is 13.0. The molecule has 170 valence electrons. The summed E-state index contributed by atoms with van der Waals surface area (Å²) in [5.74, 6) is 1.89. The molecule has 2 atom stereocenters. The van der Waals surface area contributed by atoms with Crippen molar-refractivity contribution in [1.29, 1.82) is 0 Å². The summed E-state index contributed by atoms with van der Waals surface area (Å²) in [6.45, 7) is 5.47. The van der Waals surface area contributed by atoms with E-state index in [4.69, 9.17) is 16.1 Å². The summed E-state index contributed by atoms with van der Waals surface area (Å²) in [5.41, 5.74) is 1.34. The van der Waals surface area contributed by atoms with E-state index in [1.165, 1.54) is 28.6 Å². The van der Waals surface area contributed by atoms with Crippen LogP contribution in [0.15, 0.2) is 50.7 Å². The number of piperidine rings is 1. The molecule has 33 heavy (non-hydrogen) atoms. The predicted molar refractivity (Wildman–Crippen MR) is 124 cm³/mol. The number of amides is 1. The summed E-state index contributed by atoms with van der Waals surface area (Å²) in [6, 6.07) is 10.7. The van der Waals surface area contributed by atoms with Gasteiger partial charge in [0.1, 0.15) is 12.2 Å². The van der Waals surface area contributed by atoms with Gasteiger partial charge in [0, 0.05) is 49.9 Å². The van der Waals surface area contributed by atoms with Crippen LogP contribution in [-0.2, 0) is 13.6 Å². The number of hydrogen-bond acceptors (Lipinski definition) is 7. The molecule has 1 amide bonds. The SMILES string of the molecule is C=Nc1ccc(=O)n(C)c1C(=O)N(C)Cc1nc(C2C3CN(c4cccc(Cl)c4)CC32)no1. The average Bonchev–Trinajstić information content (AvgIpc) is 3.14. The van der Waals surface area contributed by atoms with Crippen LogP contribution in [0.5, 0.6) is 0 Å². The van der Waals surface area contributed by atoms with E-state index in [1.54, 1.807) is 7.05 Å². The van der Waals surface area contributed by atoms with Gasteiger partial charge in [-0.1, -0.05) is 22.8 Å². The Bertz CT molecular complexity index is 1290. The van der Waals surface area contributed by atoms with Gasteiger partial charge in [-0.25, -0.2) is 0 Å². The number of nitrogens with zero attached hydrogens (tertiary/aromatic N) is 6. The Kier molecular flexibility index (Phi) is 5.28. The Balaban J connectivity index is 1.24. The molecule has 2 aliphatic rings. The molecule has 9 nitrogen and oxygen atoms in total. The zero-order chi connectivity index (χ0) is 23.3. The van der Waals surface area contributed by atoms with E-state index in [0.29, 0.717) is 29.2 Å². The summed E-state index contributed by atoms with van der Waals surface area (Å²) in [4.78, 5) is 37.1. The molecule has 1 saturated carbocycles. The molecule has 1 saturated heterocycles. The molecular formula is C23H23ClN6O3. The molecule has 1 aliphatic carbocycles. The highest BCUT2D eigenvalue weighted by Crippen LogP contribution is 2.58. The fourth-order valence-corrected chi connectivity index (χ4v) is 4.90. The van der Waals surface area contributed by atoms with Gasteiger partial charge in [-0.05, 0) is 42.8 Å². The van der Waals surface area contributed by atoms with Crippen molar-refractivity contribution < 1.29 is 9.32 Å². The summed E-state index contributed by atoms with van der Waals surface area (Å²) in [6.07, 6.45) is 0. The zero-order valence-electron chi connectivity index (χ0n) is 18.3. The molecule has 1 aromatic carbocycles. The first-order valence-corrected chi connectivity index (χ1v) is 11.0. The van der Waals surface area contributed by atoms with Gasteiger partial charge in [-0.3, -0.25) is 14.6 Å². The van der Waals surface area contributed by atoms with Gasteiger partial charge in [0.15, 0.2) is 5.82 Å². The van der Waals surface area contributed by atoms with Crippen molar-refractivity contribution in [3.05, 3.63) is 69.2 Å². The Hall–Kier alpha value is -3.46. The number of pyridine rings is 1.